The van der Waals surface area contributed by atoms with Gasteiger partial charge in [-0.1, -0.05) is 13.3 Å². The Balaban J connectivity index is 2.29. The lowest BCUT2D eigenvalue weighted by atomic mass is 9.85. The SMILES string of the molecule is CCC1CCc2ncc(C=O)cc2C1. The number of pyridine rings is 1. The van der Waals surface area contributed by atoms with E-state index < -0.39 is 0 Å². The van der Waals surface area contributed by atoms with Crippen LogP contribution in [0.25, 0.3) is 0 Å². The number of nitrogens with zero attached hydrogens (tertiary/aromatic N) is 1. The van der Waals surface area contributed by atoms with E-state index in [9.17, 15) is 4.79 Å². The first-order valence-corrected chi connectivity index (χ1v) is 5.26. The third kappa shape index (κ3) is 1.69. The van der Waals surface area contributed by atoms with E-state index in [1.54, 1.807) is 6.20 Å². The highest BCUT2D eigenvalue weighted by Gasteiger charge is 2.18. The van der Waals surface area contributed by atoms with E-state index in [-0.39, 0.29) is 0 Å². The van der Waals surface area contributed by atoms with Crippen LogP contribution in [0.4, 0.5) is 0 Å². The van der Waals surface area contributed by atoms with Gasteiger partial charge >= 0.3 is 0 Å². The third-order valence-electron chi connectivity index (χ3n) is 3.09. The number of rotatable bonds is 2. The highest BCUT2D eigenvalue weighted by atomic mass is 16.1. The van der Waals surface area contributed by atoms with Crippen LogP contribution in [0, 0.1) is 5.92 Å². The van der Waals surface area contributed by atoms with Crippen molar-refractivity contribution in [2.45, 2.75) is 32.6 Å². The van der Waals surface area contributed by atoms with Gasteiger partial charge in [-0.05, 0) is 36.8 Å². The number of fused-ring (bicyclic) bond motifs is 1. The first-order valence-electron chi connectivity index (χ1n) is 5.26. The molecule has 1 aromatic rings. The van der Waals surface area contributed by atoms with Crippen LogP contribution in [0.5, 0.6) is 0 Å². The van der Waals surface area contributed by atoms with Gasteiger partial charge in [-0.15, -0.1) is 0 Å². The van der Waals surface area contributed by atoms with E-state index in [0.717, 1.165) is 25.0 Å². The number of hydrogen-bond acceptors (Lipinski definition) is 2. The van der Waals surface area contributed by atoms with Crippen LogP contribution < -0.4 is 0 Å². The minimum atomic E-state index is 0.709. The van der Waals surface area contributed by atoms with E-state index in [4.69, 9.17) is 0 Å². The molecule has 14 heavy (non-hydrogen) atoms. The van der Waals surface area contributed by atoms with Crippen LogP contribution in [0.1, 0.15) is 41.4 Å². The van der Waals surface area contributed by atoms with Gasteiger partial charge in [0, 0.05) is 17.5 Å². The molecule has 2 nitrogen and oxygen atoms in total. The lowest BCUT2D eigenvalue weighted by Crippen LogP contribution is -2.15. The maximum absolute atomic E-state index is 10.6. The second-order valence-corrected chi connectivity index (χ2v) is 4.01. The Bertz CT molecular complexity index is 346. The molecule has 0 N–H and O–H groups in total. The normalized spacial score (nSPS) is 20.2. The van der Waals surface area contributed by atoms with Crippen molar-refractivity contribution in [2.24, 2.45) is 5.92 Å². The molecule has 1 aliphatic rings. The highest BCUT2D eigenvalue weighted by molar-refractivity contribution is 5.74. The molecule has 0 saturated heterocycles. The standard InChI is InChI=1S/C12H15NO/c1-2-9-3-4-12-11(5-9)6-10(8-14)7-13-12/h6-9H,2-5H2,1H3. The van der Waals surface area contributed by atoms with Gasteiger partial charge in [0.1, 0.15) is 0 Å². The summed E-state index contributed by atoms with van der Waals surface area (Å²) in [5.41, 5.74) is 3.19. The van der Waals surface area contributed by atoms with Crippen molar-refractivity contribution in [2.75, 3.05) is 0 Å². The molecule has 0 spiro atoms. The summed E-state index contributed by atoms with van der Waals surface area (Å²) in [6, 6.07) is 2.00. The molecule has 0 radical (unpaired) electrons. The van der Waals surface area contributed by atoms with Crippen molar-refractivity contribution in [3.8, 4) is 0 Å². The van der Waals surface area contributed by atoms with E-state index >= 15 is 0 Å². The third-order valence-corrected chi connectivity index (χ3v) is 3.09. The van der Waals surface area contributed by atoms with Crippen LogP contribution in [-0.2, 0) is 12.8 Å². The van der Waals surface area contributed by atoms with Gasteiger partial charge < -0.3 is 0 Å². The number of carbonyl (C=O) groups excluding carboxylic acids is 1. The number of hydrogen-bond donors (Lipinski definition) is 0. The Morgan fingerprint density at radius 3 is 3.21 bits per heavy atom. The van der Waals surface area contributed by atoms with Crippen LogP contribution in [0.15, 0.2) is 12.3 Å². The molecule has 1 atom stereocenters. The van der Waals surface area contributed by atoms with Gasteiger partial charge in [-0.25, -0.2) is 0 Å². The highest BCUT2D eigenvalue weighted by Crippen LogP contribution is 2.26. The maximum Gasteiger partial charge on any atom is 0.151 e. The van der Waals surface area contributed by atoms with Crippen molar-refractivity contribution < 1.29 is 4.79 Å². The van der Waals surface area contributed by atoms with E-state index in [2.05, 4.69) is 11.9 Å². The largest absolute Gasteiger partial charge is 0.298 e. The predicted octanol–water partition coefficient (Wildman–Crippen LogP) is 2.41. The van der Waals surface area contributed by atoms with Gasteiger partial charge in [0.05, 0.1) is 0 Å². The van der Waals surface area contributed by atoms with Crippen molar-refractivity contribution in [3.05, 3.63) is 29.1 Å². The summed E-state index contributed by atoms with van der Waals surface area (Å²) in [6.45, 7) is 2.23. The summed E-state index contributed by atoms with van der Waals surface area (Å²) < 4.78 is 0. The lowest BCUT2D eigenvalue weighted by molar-refractivity contribution is 0.112. The van der Waals surface area contributed by atoms with E-state index in [0.29, 0.717) is 5.56 Å². The van der Waals surface area contributed by atoms with Crippen molar-refractivity contribution in [3.63, 3.8) is 0 Å². The summed E-state index contributed by atoms with van der Waals surface area (Å²) >= 11 is 0. The average molecular weight is 189 g/mol. The summed E-state index contributed by atoms with van der Waals surface area (Å²) in [5.74, 6) is 0.784. The maximum atomic E-state index is 10.6. The molecule has 0 aromatic carbocycles. The minimum absolute atomic E-state index is 0.709. The Kier molecular flexibility index (Phi) is 2.62. The zero-order chi connectivity index (χ0) is 9.97. The van der Waals surface area contributed by atoms with Crippen LogP contribution >= 0.6 is 0 Å². The molecule has 0 saturated carbocycles. The van der Waals surface area contributed by atoms with E-state index in [1.807, 2.05) is 6.07 Å². The Morgan fingerprint density at radius 1 is 1.64 bits per heavy atom. The fourth-order valence-corrected chi connectivity index (χ4v) is 2.13. The van der Waals surface area contributed by atoms with Gasteiger partial charge in [0.15, 0.2) is 6.29 Å². The summed E-state index contributed by atoms with van der Waals surface area (Å²) in [7, 11) is 0. The fraction of sp³-hybridized carbons (Fsp3) is 0.500. The van der Waals surface area contributed by atoms with Gasteiger partial charge in [-0.3, -0.25) is 9.78 Å². The van der Waals surface area contributed by atoms with Crippen molar-refractivity contribution in [1.82, 2.24) is 4.98 Å². The van der Waals surface area contributed by atoms with Crippen molar-refractivity contribution in [1.29, 1.82) is 0 Å². The summed E-state index contributed by atoms with van der Waals surface area (Å²) in [5, 5.41) is 0. The predicted molar refractivity (Wildman–Crippen MR) is 55.4 cm³/mol. The second-order valence-electron chi connectivity index (χ2n) is 4.01. The average Bonchev–Trinajstić information content (AvgIpc) is 2.27. The smallest absolute Gasteiger partial charge is 0.151 e. The molecule has 1 aromatic heterocycles. The second kappa shape index (κ2) is 3.91. The Hall–Kier alpha value is -1.18. The quantitative estimate of drug-likeness (QED) is 0.669. The number of aryl methyl sites for hydroxylation is 1. The monoisotopic (exact) mass is 189 g/mol. The molecule has 0 bridgehead atoms. The van der Waals surface area contributed by atoms with Crippen molar-refractivity contribution >= 4 is 6.29 Å². The summed E-state index contributed by atoms with van der Waals surface area (Å²) in [6.07, 6.45) is 7.20. The molecule has 1 heterocycles. The molecule has 74 valence electrons. The lowest BCUT2D eigenvalue weighted by Gasteiger charge is -2.22. The molecule has 0 fully saturated rings. The van der Waals surface area contributed by atoms with E-state index in [1.165, 1.54) is 24.1 Å². The summed E-state index contributed by atoms with van der Waals surface area (Å²) in [4.78, 5) is 14.9. The minimum Gasteiger partial charge on any atom is -0.298 e. The zero-order valence-electron chi connectivity index (χ0n) is 8.49. The fourth-order valence-electron chi connectivity index (χ4n) is 2.13. The molecule has 1 aliphatic carbocycles. The van der Waals surface area contributed by atoms with Gasteiger partial charge in [0.2, 0.25) is 0 Å². The number of aldehydes is 1. The zero-order valence-corrected chi connectivity index (χ0v) is 8.49. The Morgan fingerprint density at radius 2 is 2.50 bits per heavy atom. The molecule has 2 heteroatoms. The number of carbonyl (C=O) groups is 1. The first kappa shape index (κ1) is 9.38. The van der Waals surface area contributed by atoms with Gasteiger partial charge in [0.25, 0.3) is 0 Å². The molecule has 1 unspecified atom stereocenters. The topological polar surface area (TPSA) is 30.0 Å². The molecule has 2 rings (SSSR count). The van der Waals surface area contributed by atoms with Crippen LogP contribution in [-0.4, -0.2) is 11.3 Å². The Labute approximate surface area is 84.4 Å². The van der Waals surface area contributed by atoms with Crippen LogP contribution in [0.3, 0.4) is 0 Å². The number of aromatic nitrogens is 1. The first-order chi connectivity index (χ1) is 6.83. The molecular formula is C12H15NO. The van der Waals surface area contributed by atoms with Gasteiger partial charge in [-0.2, -0.15) is 0 Å². The van der Waals surface area contributed by atoms with Crippen LogP contribution in [0.2, 0.25) is 0 Å². The molecule has 0 amide bonds. The molecule has 0 aliphatic heterocycles. The molecular weight excluding hydrogens is 174 g/mol.